The maximum atomic E-state index is 13.2. The zero-order valence-electron chi connectivity index (χ0n) is 21.8. The molecule has 0 aliphatic rings. The van der Waals surface area contributed by atoms with E-state index in [9.17, 15) is 24.3 Å². The Hall–Kier alpha value is -4.45. The Labute approximate surface area is 226 Å². The Bertz CT molecular complexity index is 1140. The molecule has 210 valence electrons. The lowest BCUT2D eigenvalue weighted by molar-refractivity contribution is -0.142. The molecule has 3 atom stereocenters. The van der Waals surface area contributed by atoms with Gasteiger partial charge in [0.15, 0.2) is 5.96 Å². The second-order valence-corrected chi connectivity index (χ2v) is 8.94. The summed E-state index contributed by atoms with van der Waals surface area (Å²) in [7, 11) is 1.51. The van der Waals surface area contributed by atoms with Crippen molar-refractivity contribution in [1.82, 2.24) is 16.0 Å². The molecule has 39 heavy (non-hydrogen) atoms. The normalized spacial score (nSPS) is 13.5. The monoisotopic (exact) mass is 540 g/mol. The molecule has 0 heterocycles. The molecule has 0 saturated heterocycles. The number of rotatable bonds is 15. The molecule has 0 fully saturated rings. The molecule has 3 unspecified atom stereocenters. The molecule has 9 N–H and O–H groups in total. The van der Waals surface area contributed by atoms with Gasteiger partial charge in [0.1, 0.15) is 12.1 Å². The van der Waals surface area contributed by atoms with E-state index in [-0.39, 0.29) is 31.6 Å². The van der Waals surface area contributed by atoms with Gasteiger partial charge in [0.25, 0.3) is 0 Å². The van der Waals surface area contributed by atoms with Crippen LogP contribution in [0, 0.1) is 0 Å². The first kappa shape index (κ1) is 30.8. The molecule has 2 amide bonds. The number of carbonyl (C=O) groups is 4. The molecule has 0 bridgehead atoms. The van der Waals surface area contributed by atoms with E-state index in [1.807, 2.05) is 54.6 Å². The predicted octanol–water partition coefficient (Wildman–Crippen LogP) is 0.457. The minimum atomic E-state index is -1.23. The van der Waals surface area contributed by atoms with E-state index in [4.69, 9.17) is 16.6 Å². The van der Waals surface area contributed by atoms with Gasteiger partial charge in [0.2, 0.25) is 11.8 Å². The highest BCUT2D eigenvalue weighted by atomic mass is 16.4. The summed E-state index contributed by atoms with van der Waals surface area (Å²) in [5.41, 5.74) is 14.1. The highest BCUT2D eigenvalue weighted by Gasteiger charge is 2.28. The Morgan fingerprint density at radius 2 is 1.49 bits per heavy atom. The Morgan fingerprint density at radius 3 is 2.08 bits per heavy atom. The first-order valence-electron chi connectivity index (χ1n) is 12.5. The van der Waals surface area contributed by atoms with Gasteiger partial charge in [-0.15, -0.1) is 0 Å². The van der Waals surface area contributed by atoms with Gasteiger partial charge >= 0.3 is 11.9 Å². The molecule has 0 saturated carbocycles. The van der Waals surface area contributed by atoms with Gasteiger partial charge < -0.3 is 37.6 Å². The number of nitrogens with zero attached hydrogens (tertiary/aromatic N) is 1. The summed E-state index contributed by atoms with van der Waals surface area (Å²) in [6, 6.07) is 13.6. The van der Waals surface area contributed by atoms with Gasteiger partial charge in [0.05, 0.1) is 6.04 Å². The third-order valence-electron chi connectivity index (χ3n) is 5.97. The summed E-state index contributed by atoms with van der Waals surface area (Å²) in [4.78, 5) is 52.3. The third-order valence-corrected chi connectivity index (χ3v) is 5.97. The smallest absolute Gasteiger partial charge is 0.326 e. The van der Waals surface area contributed by atoms with Gasteiger partial charge in [0, 0.05) is 26.4 Å². The lowest BCUT2D eigenvalue weighted by Gasteiger charge is -2.23. The fraction of sp³-hybridized carbons (Fsp3) is 0.370. The first-order chi connectivity index (χ1) is 18.6. The largest absolute Gasteiger partial charge is 0.481 e. The zero-order chi connectivity index (χ0) is 28.8. The van der Waals surface area contributed by atoms with Crippen LogP contribution in [-0.4, -0.2) is 71.6 Å². The third kappa shape index (κ3) is 10.8. The number of guanidine groups is 1. The van der Waals surface area contributed by atoms with Crippen molar-refractivity contribution in [2.24, 2.45) is 16.5 Å². The Morgan fingerprint density at radius 1 is 0.872 bits per heavy atom. The zero-order valence-corrected chi connectivity index (χ0v) is 21.8. The maximum Gasteiger partial charge on any atom is 0.326 e. The minimum Gasteiger partial charge on any atom is -0.481 e. The lowest BCUT2D eigenvalue weighted by atomic mass is 9.99. The molecule has 0 aliphatic heterocycles. The van der Waals surface area contributed by atoms with E-state index in [2.05, 4.69) is 20.9 Å². The van der Waals surface area contributed by atoms with Gasteiger partial charge in [-0.25, -0.2) is 4.79 Å². The van der Waals surface area contributed by atoms with Gasteiger partial charge in [-0.05, 0) is 36.0 Å². The Kier molecular flexibility index (Phi) is 12.4. The number of aliphatic carboxylic acids is 2. The first-order valence-corrected chi connectivity index (χ1v) is 12.5. The van der Waals surface area contributed by atoms with Crippen molar-refractivity contribution in [2.75, 3.05) is 13.6 Å². The van der Waals surface area contributed by atoms with Crippen LogP contribution in [0.2, 0.25) is 0 Å². The topological polar surface area (TPSA) is 209 Å². The molecule has 2 aromatic rings. The van der Waals surface area contributed by atoms with Crippen molar-refractivity contribution in [3.8, 4) is 11.1 Å². The second-order valence-electron chi connectivity index (χ2n) is 8.94. The fourth-order valence-corrected chi connectivity index (χ4v) is 3.73. The quantitative estimate of drug-likeness (QED) is 0.0949. The number of benzene rings is 2. The van der Waals surface area contributed by atoms with E-state index >= 15 is 0 Å². The molecule has 12 nitrogen and oxygen atoms in total. The van der Waals surface area contributed by atoms with Crippen LogP contribution in [0.3, 0.4) is 0 Å². The van der Waals surface area contributed by atoms with Crippen LogP contribution in [0.1, 0.15) is 31.2 Å². The van der Waals surface area contributed by atoms with E-state index < -0.39 is 41.9 Å². The Balaban J connectivity index is 2.15. The van der Waals surface area contributed by atoms with Crippen molar-refractivity contribution in [2.45, 2.75) is 50.2 Å². The highest BCUT2D eigenvalue weighted by Crippen LogP contribution is 2.20. The van der Waals surface area contributed by atoms with Crippen LogP contribution < -0.4 is 27.4 Å². The summed E-state index contributed by atoms with van der Waals surface area (Å²) >= 11 is 0. The summed E-state index contributed by atoms with van der Waals surface area (Å²) in [6.07, 6.45) is 0.127. The van der Waals surface area contributed by atoms with Crippen molar-refractivity contribution in [1.29, 1.82) is 0 Å². The summed E-state index contributed by atoms with van der Waals surface area (Å²) < 4.78 is 0. The standard InChI is InChI=1S/C27H36N6O6/c1-30-27(29)31-15-5-8-21(26(38)39)32-25(37)22(33-24(36)20(28)13-14-23(34)35)16-17-9-11-19(12-10-17)18-6-3-2-4-7-18/h2-4,6-7,9-12,20-22H,5,8,13-16,28H2,1H3,(H,32,37)(H,33,36)(H,34,35)(H,38,39)(H3,29,30,31). The molecule has 2 rings (SSSR count). The molecule has 2 aromatic carbocycles. The molecular weight excluding hydrogens is 504 g/mol. The number of amides is 2. The molecule has 0 radical (unpaired) electrons. The minimum absolute atomic E-state index is 0.0652. The lowest BCUT2D eigenvalue weighted by Crippen LogP contribution is -2.55. The molecular formula is C27H36N6O6. The average Bonchev–Trinajstić information content (AvgIpc) is 2.93. The number of carbonyl (C=O) groups excluding carboxylic acids is 2. The van der Waals surface area contributed by atoms with E-state index in [0.29, 0.717) is 13.0 Å². The fourth-order valence-electron chi connectivity index (χ4n) is 3.73. The number of aliphatic imine (C=N–C) groups is 1. The van der Waals surface area contributed by atoms with Crippen LogP contribution in [-0.2, 0) is 25.6 Å². The number of nitrogens with one attached hydrogen (secondary N) is 3. The maximum absolute atomic E-state index is 13.2. The van der Waals surface area contributed by atoms with Crippen LogP contribution in [0.5, 0.6) is 0 Å². The van der Waals surface area contributed by atoms with Crippen LogP contribution >= 0.6 is 0 Å². The second kappa shape index (κ2) is 15.7. The van der Waals surface area contributed by atoms with Gasteiger partial charge in [-0.3, -0.25) is 19.4 Å². The molecule has 0 spiro atoms. The predicted molar refractivity (Wildman–Crippen MR) is 147 cm³/mol. The number of hydrogen-bond acceptors (Lipinski definition) is 6. The van der Waals surface area contributed by atoms with Crippen molar-refractivity contribution >= 4 is 29.7 Å². The van der Waals surface area contributed by atoms with Crippen molar-refractivity contribution in [3.63, 3.8) is 0 Å². The van der Waals surface area contributed by atoms with E-state index in [1.54, 1.807) is 0 Å². The van der Waals surface area contributed by atoms with E-state index in [1.165, 1.54) is 7.05 Å². The molecule has 0 aliphatic carbocycles. The molecule has 0 aromatic heterocycles. The van der Waals surface area contributed by atoms with Crippen LogP contribution in [0.4, 0.5) is 0 Å². The number of carboxylic acid groups (broad SMARTS) is 2. The van der Waals surface area contributed by atoms with Crippen molar-refractivity contribution < 1.29 is 29.4 Å². The van der Waals surface area contributed by atoms with E-state index in [0.717, 1.165) is 16.7 Å². The average molecular weight is 541 g/mol. The van der Waals surface area contributed by atoms with Crippen LogP contribution in [0.25, 0.3) is 11.1 Å². The van der Waals surface area contributed by atoms with Gasteiger partial charge in [-0.2, -0.15) is 0 Å². The number of hydrogen-bond donors (Lipinski definition) is 7. The molecule has 12 heteroatoms. The van der Waals surface area contributed by atoms with Gasteiger partial charge in [-0.1, -0.05) is 54.6 Å². The SMILES string of the molecule is CN=C(N)NCCCC(NC(=O)C(Cc1ccc(-c2ccccc2)cc1)NC(=O)C(N)CCC(=O)O)C(=O)O. The number of carboxylic acids is 2. The summed E-state index contributed by atoms with van der Waals surface area (Å²) in [6.45, 7) is 0.356. The number of nitrogens with two attached hydrogens (primary N) is 2. The summed E-state index contributed by atoms with van der Waals surface area (Å²) in [5, 5.41) is 26.4. The summed E-state index contributed by atoms with van der Waals surface area (Å²) in [5.74, 6) is -3.52. The highest BCUT2D eigenvalue weighted by molar-refractivity contribution is 5.92. The van der Waals surface area contributed by atoms with Crippen LogP contribution in [0.15, 0.2) is 59.6 Å². The van der Waals surface area contributed by atoms with Crippen molar-refractivity contribution in [3.05, 3.63) is 60.2 Å².